The molecular weight excluding hydrogens is 412 g/mol. The Morgan fingerprint density at radius 3 is 2.84 bits per heavy atom. The lowest BCUT2D eigenvalue weighted by atomic mass is 9.97. The number of nitrogens with one attached hydrogen (secondary N) is 2. The lowest BCUT2D eigenvalue weighted by Gasteiger charge is -2.20. The molecule has 2 aromatic heterocycles. The van der Waals surface area contributed by atoms with Crippen molar-refractivity contribution in [2.24, 2.45) is 0 Å². The second-order valence-electron chi connectivity index (χ2n) is 8.04. The largest absolute Gasteiger partial charge is 0.366 e. The Hall–Kier alpha value is -2.75. The molecule has 8 nitrogen and oxygen atoms in total. The second-order valence-corrected chi connectivity index (χ2v) is 10.2. The van der Waals surface area contributed by atoms with Gasteiger partial charge in [-0.15, -0.1) is 0 Å². The number of benzene rings is 1. The van der Waals surface area contributed by atoms with E-state index in [0.29, 0.717) is 19.6 Å². The van der Waals surface area contributed by atoms with Crippen molar-refractivity contribution in [3.63, 3.8) is 0 Å². The maximum absolute atomic E-state index is 12.5. The quantitative estimate of drug-likeness (QED) is 0.589. The summed E-state index contributed by atoms with van der Waals surface area (Å²) >= 11 is 0. The molecule has 1 fully saturated rings. The van der Waals surface area contributed by atoms with Crippen LogP contribution in [0.3, 0.4) is 0 Å². The molecule has 3 aromatic rings. The maximum atomic E-state index is 12.5. The molecule has 0 unspecified atom stereocenters. The zero-order valence-electron chi connectivity index (χ0n) is 18.0. The molecule has 1 aromatic carbocycles. The van der Waals surface area contributed by atoms with Crippen LogP contribution >= 0.6 is 0 Å². The predicted octanol–water partition coefficient (Wildman–Crippen LogP) is 2.99. The molecule has 0 spiro atoms. The van der Waals surface area contributed by atoms with E-state index in [-0.39, 0.29) is 5.92 Å². The van der Waals surface area contributed by atoms with Gasteiger partial charge in [0.15, 0.2) is 0 Å². The van der Waals surface area contributed by atoms with Gasteiger partial charge in [0, 0.05) is 57.1 Å². The minimum absolute atomic E-state index is 0.0729. The number of aromatic amines is 1. The van der Waals surface area contributed by atoms with Gasteiger partial charge in [0.2, 0.25) is 0 Å². The molecule has 3 heterocycles. The summed E-state index contributed by atoms with van der Waals surface area (Å²) in [5.74, 6) is 0.861. The molecule has 4 rings (SSSR count). The highest BCUT2D eigenvalue weighted by molar-refractivity contribution is 7.86. The number of hydrogen-bond donors (Lipinski definition) is 2. The van der Waals surface area contributed by atoms with Crippen LogP contribution in [-0.4, -0.2) is 59.4 Å². The molecule has 164 valence electrons. The van der Waals surface area contributed by atoms with E-state index in [1.807, 2.05) is 24.3 Å². The van der Waals surface area contributed by atoms with Crippen LogP contribution in [0.15, 0.2) is 48.8 Å². The monoisotopic (exact) mass is 440 g/mol. The fourth-order valence-electron chi connectivity index (χ4n) is 3.93. The number of aromatic nitrogens is 3. The molecule has 1 atom stereocenters. The van der Waals surface area contributed by atoms with Gasteiger partial charge in [-0.2, -0.15) is 22.1 Å². The third kappa shape index (κ3) is 4.48. The zero-order valence-corrected chi connectivity index (χ0v) is 18.9. The van der Waals surface area contributed by atoms with Crippen molar-refractivity contribution in [3.8, 4) is 11.1 Å². The van der Waals surface area contributed by atoms with Gasteiger partial charge < -0.3 is 5.32 Å². The molecule has 0 aliphatic carbocycles. The molecule has 1 aliphatic heterocycles. The van der Waals surface area contributed by atoms with E-state index in [4.69, 9.17) is 0 Å². The fourth-order valence-corrected chi connectivity index (χ4v) is 5.10. The molecule has 0 bridgehead atoms. The van der Waals surface area contributed by atoms with Crippen molar-refractivity contribution in [2.75, 3.05) is 32.5 Å². The summed E-state index contributed by atoms with van der Waals surface area (Å²) in [5.41, 5.74) is 5.41. The van der Waals surface area contributed by atoms with Crippen molar-refractivity contribution in [3.05, 3.63) is 65.6 Å². The first-order valence-electron chi connectivity index (χ1n) is 10.3. The van der Waals surface area contributed by atoms with Crippen LogP contribution in [0.4, 0.5) is 5.82 Å². The number of hydrogen-bond acceptors (Lipinski definition) is 5. The van der Waals surface area contributed by atoms with Gasteiger partial charge in [-0.1, -0.05) is 24.3 Å². The van der Waals surface area contributed by atoms with Gasteiger partial charge >= 0.3 is 0 Å². The predicted molar refractivity (Wildman–Crippen MR) is 122 cm³/mol. The standard InChI is InChI=1S/C22H28N6O2S/c1-16-6-4-5-7-18(16)13-24-21-12-17(8-10-23-21)20-14-25-26-22(20)19-9-11-28(15-19)31(29,30)27(2)3/h4-8,10,12,14,19H,9,11,13,15H2,1-3H3,(H,23,24)(H,25,26)/t19-/m0/s1. The van der Waals surface area contributed by atoms with Crippen molar-refractivity contribution in [1.82, 2.24) is 23.8 Å². The van der Waals surface area contributed by atoms with Crippen LogP contribution in [0.2, 0.25) is 0 Å². The number of pyridine rings is 1. The summed E-state index contributed by atoms with van der Waals surface area (Å²) in [6.07, 6.45) is 4.34. The van der Waals surface area contributed by atoms with Crippen LogP contribution in [-0.2, 0) is 16.8 Å². The lowest BCUT2D eigenvalue weighted by molar-refractivity contribution is 0.418. The third-order valence-corrected chi connectivity index (χ3v) is 7.72. The van der Waals surface area contributed by atoms with Gasteiger partial charge in [0.25, 0.3) is 10.2 Å². The van der Waals surface area contributed by atoms with Gasteiger partial charge in [0.1, 0.15) is 5.82 Å². The van der Waals surface area contributed by atoms with Crippen LogP contribution in [0.25, 0.3) is 11.1 Å². The highest BCUT2D eigenvalue weighted by Gasteiger charge is 2.35. The average Bonchev–Trinajstić information content (AvgIpc) is 3.43. The second kappa shape index (κ2) is 8.78. The van der Waals surface area contributed by atoms with E-state index in [0.717, 1.165) is 29.1 Å². The summed E-state index contributed by atoms with van der Waals surface area (Å²) in [5, 5.41) is 10.8. The van der Waals surface area contributed by atoms with Crippen molar-refractivity contribution in [2.45, 2.75) is 25.8 Å². The lowest BCUT2D eigenvalue weighted by Crippen LogP contribution is -2.38. The van der Waals surface area contributed by atoms with Crippen LogP contribution in [0.1, 0.15) is 29.2 Å². The Morgan fingerprint density at radius 1 is 1.26 bits per heavy atom. The number of rotatable bonds is 7. The summed E-state index contributed by atoms with van der Waals surface area (Å²) < 4.78 is 27.7. The number of anilines is 1. The molecule has 1 saturated heterocycles. The minimum Gasteiger partial charge on any atom is -0.366 e. The number of H-pyrrole nitrogens is 1. The molecular formula is C22H28N6O2S. The van der Waals surface area contributed by atoms with Crippen molar-refractivity contribution >= 4 is 16.0 Å². The molecule has 0 saturated carbocycles. The molecule has 0 radical (unpaired) electrons. The van der Waals surface area contributed by atoms with Crippen molar-refractivity contribution < 1.29 is 8.42 Å². The summed E-state index contributed by atoms with van der Waals surface area (Å²) in [6.45, 7) is 3.74. The van der Waals surface area contributed by atoms with E-state index in [1.165, 1.54) is 19.7 Å². The zero-order chi connectivity index (χ0) is 22.0. The first-order chi connectivity index (χ1) is 14.9. The fraction of sp³-hybridized carbons (Fsp3) is 0.364. The number of nitrogens with zero attached hydrogens (tertiary/aromatic N) is 4. The molecule has 31 heavy (non-hydrogen) atoms. The van der Waals surface area contributed by atoms with Crippen molar-refractivity contribution in [1.29, 1.82) is 0 Å². The summed E-state index contributed by atoms with van der Waals surface area (Å²) in [7, 11) is -0.285. The van der Waals surface area contributed by atoms with Gasteiger partial charge in [0.05, 0.1) is 6.20 Å². The Labute approximate surface area is 183 Å². The van der Waals surface area contributed by atoms with Crippen LogP contribution < -0.4 is 5.32 Å². The van der Waals surface area contributed by atoms with E-state index in [1.54, 1.807) is 26.5 Å². The van der Waals surface area contributed by atoms with Gasteiger partial charge in [-0.25, -0.2) is 4.98 Å². The topological polar surface area (TPSA) is 94.2 Å². The highest BCUT2D eigenvalue weighted by atomic mass is 32.2. The van der Waals surface area contributed by atoms with E-state index in [9.17, 15) is 8.42 Å². The normalized spacial score (nSPS) is 17.4. The minimum atomic E-state index is -3.41. The molecule has 9 heteroatoms. The summed E-state index contributed by atoms with van der Waals surface area (Å²) in [4.78, 5) is 4.45. The van der Waals surface area contributed by atoms with Gasteiger partial charge in [-0.05, 0) is 42.2 Å². The van der Waals surface area contributed by atoms with Crippen LogP contribution in [0, 0.1) is 6.92 Å². The Kier molecular flexibility index (Phi) is 6.08. The SMILES string of the molecule is Cc1ccccc1CNc1cc(-c2cn[nH]c2[C@H]2CCN(S(=O)(=O)N(C)C)C2)ccn1. The van der Waals surface area contributed by atoms with E-state index >= 15 is 0 Å². The smallest absolute Gasteiger partial charge is 0.281 e. The first-order valence-corrected chi connectivity index (χ1v) is 11.7. The third-order valence-electron chi connectivity index (χ3n) is 5.81. The number of aryl methyl sites for hydroxylation is 1. The molecule has 0 amide bonds. The average molecular weight is 441 g/mol. The highest BCUT2D eigenvalue weighted by Crippen LogP contribution is 2.34. The molecule has 1 aliphatic rings. The van der Waals surface area contributed by atoms with Gasteiger partial charge in [-0.3, -0.25) is 5.10 Å². The Morgan fingerprint density at radius 2 is 2.06 bits per heavy atom. The van der Waals surface area contributed by atoms with E-state index < -0.39 is 10.2 Å². The maximum Gasteiger partial charge on any atom is 0.281 e. The Balaban J connectivity index is 1.51. The summed E-state index contributed by atoms with van der Waals surface area (Å²) in [6, 6.07) is 12.2. The Bertz CT molecular complexity index is 1160. The van der Waals surface area contributed by atoms with E-state index in [2.05, 4.69) is 39.6 Å². The van der Waals surface area contributed by atoms with Crippen LogP contribution in [0.5, 0.6) is 0 Å². The first kappa shape index (κ1) is 21.5. The molecule has 2 N–H and O–H groups in total.